The predicted molar refractivity (Wildman–Crippen MR) is 75.8 cm³/mol. The van der Waals surface area contributed by atoms with E-state index in [1.54, 1.807) is 0 Å². The average Bonchev–Trinajstić information content (AvgIpc) is 2.46. The van der Waals surface area contributed by atoms with Crippen LogP contribution < -0.4 is 5.32 Å². The summed E-state index contributed by atoms with van der Waals surface area (Å²) >= 11 is 0. The Morgan fingerprint density at radius 1 is 1.26 bits per heavy atom. The molecule has 0 saturated carbocycles. The molecule has 1 aromatic carbocycles. The second-order valence-corrected chi connectivity index (χ2v) is 5.11. The monoisotopic (exact) mass is 260 g/mol. The van der Waals surface area contributed by atoms with Crippen LogP contribution in [0.2, 0.25) is 0 Å². The molecule has 19 heavy (non-hydrogen) atoms. The minimum Gasteiger partial charge on any atom is -0.465 e. The van der Waals surface area contributed by atoms with E-state index in [0.29, 0.717) is 6.61 Å². The maximum absolute atomic E-state index is 11.8. The number of benzene rings is 1. The molecular weight excluding hydrogens is 238 g/mol. The summed E-state index contributed by atoms with van der Waals surface area (Å²) in [6.07, 6.45) is 3.64. The third-order valence-electron chi connectivity index (χ3n) is 3.55. The Morgan fingerprint density at radius 3 is 2.63 bits per heavy atom. The van der Waals surface area contributed by atoms with Crippen molar-refractivity contribution in [2.75, 3.05) is 19.7 Å². The van der Waals surface area contributed by atoms with Crippen LogP contribution in [0.4, 0.5) is 0 Å². The van der Waals surface area contributed by atoms with Crippen LogP contribution in [0, 0.1) is 12.8 Å². The Bertz CT molecular complexity index is 394. The summed E-state index contributed by atoms with van der Waals surface area (Å²) in [6, 6.07) is 8.18. The van der Waals surface area contributed by atoms with E-state index in [1.807, 2.05) is 12.1 Å². The molecule has 0 aliphatic carbocycles. The van der Waals surface area contributed by atoms with Crippen LogP contribution in [0.15, 0.2) is 24.3 Å². The summed E-state index contributed by atoms with van der Waals surface area (Å²) in [6.45, 7) is 6.24. The molecule has 1 aliphatic rings. The van der Waals surface area contributed by atoms with E-state index in [9.17, 15) is 4.79 Å². The molecule has 0 spiro atoms. The molecule has 1 aliphatic heterocycles. The Labute approximate surface area is 115 Å². The zero-order chi connectivity index (χ0) is 13.5. The SMILES string of the molecule is [CH2]c1ccc(CCCOC(=O)C2CCNCC2)cc1. The van der Waals surface area contributed by atoms with Crippen LogP contribution in [0.5, 0.6) is 0 Å². The van der Waals surface area contributed by atoms with Gasteiger partial charge in [-0.25, -0.2) is 0 Å². The smallest absolute Gasteiger partial charge is 0.309 e. The van der Waals surface area contributed by atoms with Gasteiger partial charge in [0.2, 0.25) is 0 Å². The van der Waals surface area contributed by atoms with Gasteiger partial charge in [0.25, 0.3) is 0 Å². The van der Waals surface area contributed by atoms with Gasteiger partial charge in [0.1, 0.15) is 0 Å². The van der Waals surface area contributed by atoms with Crippen molar-refractivity contribution in [1.29, 1.82) is 0 Å². The highest BCUT2D eigenvalue weighted by Gasteiger charge is 2.21. The van der Waals surface area contributed by atoms with Crippen molar-refractivity contribution in [3.8, 4) is 0 Å². The third-order valence-corrected chi connectivity index (χ3v) is 3.55. The lowest BCUT2D eigenvalue weighted by atomic mass is 9.98. The van der Waals surface area contributed by atoms with Crippen LogP contribution in [0.1, 0.15) is 30.4 Å². The number of hydrogen-bond donors (Lipinski definition) is 1. The molecule has 1 fully saturated rings. The van der Waals surface area contributed by atoms with Gasteiger partial charge in [-0.15, -0.1) is 0 Å². The molecule has 1 N–H and O–H groups in total. The molecule has 0 bridgehead atoms. The molecule has 3 heteroatoms. The number of carbonyl (C=O) groups is 1. The lowest BCUT2D eigenvalue weighted by Crippen LogP contribution is -2.32. The average molecular weight is 260 g/mol. The van der Waals surface area contributed by atoms with Crippen molar-refractivity contribution in [2.24, 2.45) is 5.92 Å². The number of carbonyl (C=O) groups excluding carboxylic acids is 1. The van der Waals surface area contributed by atoms with E-state index in [2.05, 4.69) is 24.4 Å². The van der Waals surface area contributed by atoms with E-state index in [0.717, 1.165) is 44.3 Å². The van der Waals surface area contributed by atoms with E-state index in [1.165, 1.54) is 5.56 Å². The highest BCUT2D eigenvalue weighted by atomic mass is 16.5. The molecule has 0 amide bonds. The standard InChI is InChI=1S/C16H22NO2/c1-13-4-6-14(7-5-13)3-2-12-19-16(18)15-8-10-17-11-9-15/h4-7,15,17H,1-3,8-12H2. The molecule has 1 radical (unpaired) electrons. The fourth-order valence-electron chi connectivity index (χ4n) is 2.33. The molecule has 3 nitrogen and oxygen atoms in total. The van der Waals surface area contributed by atoms with Crippen molar-refractivity contribution in [3.05, 3.63) is 42.3 Å². The van der Waals surface area contributed by atoms with Crippen molar-refractivity contribution >= 4 is 5.97 Å². The highest BCUT2D eigenvalue weighted by Crippen LogP contribution is 2.13. The molecule has 2 rings (SSSR count). The van der Waals surface area contributed by atoms with E-state index in [-0.39, 0.29) is 11.9 Å². The first-order chi connectivity index (χ1) is 9.25. The summed E-state index contributed by atoms with van der Waals surface area (Å²) in [7, 11) is 0. The molecule has 1 heterocycles. The largest absolute Gasteiger partial charge is 0.465 e. The number of esters is 1. The van der Waals surface area contributed by atoms with Crippen molar-refractivity contribution in [1.82, 2.24) is 5.32 Å². The summed E-state index contributed by atoms with van der Waals surface area (Å²) < 4.78 is 5.35. The second kappa shape index (κ2) is 7.29. The van der Waals surface area contributed by atoms with E-state index in [4.69, 9.17) is 4.74 Å². The molecule has 0 unspecified atom stereocenters. The van der Waals surface area contributed by atoms with E-state index < -0.39 is 0 Å². The minimum absolute atomic E-state index is 0.0189. The van der Waals surface area contributed by atoms with Gasteiger partial charge in [0.15, 0.2) is 0 Å². The molecule has 1 aromatic rings. The van der Waals surface area contributed by atoms with Crippen LogP contribution in [-0.4, -0.2) is 25.7 Å². The Hall–Kier alpha value is -1.35. The van der Waals surface area contributed by atoms with Crippen LogP contribution >= 0.6 is 0 Å². The quantitative estimate of drug-likeness (QED) is 0.652. The Kier molecular flexibility index (Phi) is 5.40. The van der Waals surface area contributed by atoms with Crippen LogP contribution in [0.3, 0.4) is 0 Å². The molecule has 1 saturated heterocycles. The first kappa shape index (κ1) is 14.1. The highest BCUT2D eigenvalue weighted by molar-refractivity contribution is 5.72. The van der Waals surface area contributed by atoms with Gasteiger partial charge in [-0.3, -0.25) is 4.79 Å². The number of nitrogens with one attached hydrogen (secondary N) is 1. The Balaban J connectivity index is 1.63. The molecular formula is C16H22NO2. The van der Waals surface area contributed by atoms with Gasteiger partial charge in [-0.2, -0.15) is 0 Å². The number of hydrogen-bond acceptors (Lipinski definition) is 3. The lowest BCUT2D eigenvalue weighted by Gasteiger charge is -2.20. The van der Waals surface area contributed by atoms with Crippen molar-refractivity contribution < 1.29 is 9.53 Å². The summed E-state index contributed by atoms with van der Waals surface area (Å²) in [4.78, 5) is 11.8. The van der Waals surface area contributed by atoms with Gasteiger partial charge >= 0.3 is 5.97 Å². The number of ether oxygens (including phenoxy) is 1. The zero-order valence-corrected chi connectivity index (χ0v) is 11.4. The first-order valence-corrected chi connectivity index (χ1v) is 7.04. The maximum Gasteiger partial charge on any atom is 0.309 e. The summed E-state index contributed by atoms with van der Waals surface area (Å²) in [5.74, 6) is 0.0845. The normalized spacial score (nSPS) is 16.3. The summed E-state index contributed by atoms with van der Waals surface area (Å²) in [5.41, 5.74) is 2.30. The number of aryl methyl sites for hydroxylation is 1. The second-order valence-electron chi connectivity index (χ2n) is 5.11. The fraction of sp³-hybridized carbons (Fsp3) is 0.500. The zero-order valence-electron chi connectivity index (χ0n) is 11.4. The number of rotatable bonds is 5. The van der Waals surface area contributed by atoms with Crippen LogP contribution in [-0.2, 0) is 16.0 Å². The maximum atomic E-state index is 11.8. The topological polar surface area (TPSA) is 38.3 Å². The van der Waals surface area contributed by atoms with Gasteiger partial charge in [0, 0.05) is 0 Å². The number of piperidine rings is 1. The minimum atomic E-state index is -0.0189. The van der Waals surface area contributed by atoms with Gasteiger partial charge in [-0.1, -0.05) is 24.3 Å². The van der Waals surface area contributed by atoms with Crippen LogP contribution in [0.25, 0.3) is 0 Å². The van der Waals surface area contributed by atoms with Gasteiger partial charge in [0.05, 0.1) is 12.5 Å². The summed E-state index contributed by atoms with van der Waals surface area (Å²) in [5, 5.41) is 3.25. The third kappa shape index (κ3) is 4.67. The van der Waals surface area contributed by atoms with Gasteiger partial charge in [-0.05, 0) is 56.8 Å². The first-order valence-electron chi connectivity index (χ1n) is 7.04. The van der Waals surface area contributed by atoms with Crippen molar-refractivity contribution in [3.63, 3.8) is 0 Å². The molecule has 103 valence electrons. The van der Waals surface area contributed by atoms with Gasteiger partial charge < -0.3 is 10.1 Å². The fourth-order valence-corrected chi connectivity index (χ4v) is 2.33. The van der Waals surface area contributed by atoms with E-state index >= 15 is 0 Å². The lowest BCUT2D eigenvalue weighted by molar-refractivity contribution is -0.149. The Morgan fingerprint density at radius 2 is 1.95 bits per heavy atom. The molecule has 0 atom stereocenters. The van der Waals surface area contributed by atoms with Crippen molar-refractivity contribution in [2.45, 2.75) is 25.7 Å². The molecule has 0 aromatic heterocycles. The predicted octanol–water partition coefficient (Wildman–Crippen LogP) is 2.34.